The minimum atomic E-state index is -0.0203. The first kappa shape index (κ1) is 17.6. The second kappa shape index (κ2) is 8.74. The normalized spacial score (nSPS) is 21.0. The van der Waals surface area contributed by atoms with Crippen molar-refractivity contribution in [3.05, 3.63) is 60.3 Å². The van der Waals surface area contributed by atoms with Gasteiger partial charge in [-0.2, -0.15) is 0 Å². The monoisotopic (exact) mass is 339 g/mol. The molecule has 2 atom stereocenters. The van der Waals surface area contributed by atoms with Gasteiger partial charge in [0, 0.05) is 32.3 Å². The van der Waals surface area contributed by atoms with Gasteiger partial charge < -0.3 is 10.1 Å². The molecule has 0 saturated carbocycles. The zero-order chi connectivity index (χ0) is 17.5. The van der Waals surface area contributed by atoms with Crippen molar-refractivity contribution in [1.82, 2.24) is 9.88 Å². The molecule has 1 saturated heterocycles. The number of benzene rings is 1. The van der Waals surface area contributed by atoms with Crippen LogP contribution in [0.5, 0.6) is 0 Å². The molecule has 0 aliphatic carbocycles. The van der Waals surface area contributed by atoms with Crippen LogP contribution in [0.2, 0.25) is 0 Å². The Bertz CT molecular complexity index is 663. The molecule has 1 aromatic carbocycles. The fourth-order valence-corrected chi connectivity index (χ4v) is 3.47. The molecule has 3 rings (SSSR count). The average molecular weight is 339 g/mol. The maximum absolute atomic E-state index is 12.3. The van der Waals surface area contributed by atoms with Crippen molar-refractivity contribution in [1.29, 1.82) is 0 Å². The molecule has 25 heavy (non-hydrogen) atoms. The van der Waals surface area contributed by atoms with Gasteiger partial charge in [-0.15, -0.1) is 0 Å². The minimum Gasteiger partial charge on any atom is -0.381 e. The highest BCUT2D eigenvalue weighted by molar-refractivity contribution is 5.91. The summed E-state index contributed by atoms with van der Waals surface area (Å²) in [5.41, 5.74) is 1.31. The second-order valence-electron chi connectivity index (χ2n) is 6.51. The van der Waals surface area contributed by atoms with E-state index in [2.05, 4.69) is 39.5 Å². The van der Waals surface area contributed by atoms with Gasteiger partial charge >= 0.3 is 0 Å². The van der Waals surface area contributed by atoms with Crippen molar-refractivity contribution in [2.24, 2.45) is 5.92 Å². The maximum Gasteiger partial charge on any atom is 0.239 e. The van der Waals surface area contributed by atoms with Crippen LogP contribution in [0.25, 0.3) is 0 Å². The Morgan fingerprint density at radius 3 is 2.76 bits per heavy atom. The summed E-state index contributed by atoms with van der Waals surface area (Å²) in [5, 5.41) is 2.86. The molecule has 2 aromatic rings. The highest BCUT2D eigenvalue weighted by Gasteiger charge is 2.30. The number of carbonyl (C=O) groups is 1. The maximum atomic E-state index is 12.3. The number of methoxy groups -OCH3 is 1. The number of likely N-dealkylation sites (tertiary alicyclic amines) is 1. The molecular formula is C20H25N3O2. The molecule has 5 heteroatoms. The van der Waals surface area contributed by atoms with Gasteiger partial charge in [-0.25, -0.2) is 4.98 Å². The Morgan fingerprint density at radius 2 is 2.04 bits per heavy atom. The largest absolute Gasteiger partial charge is 0.381 e. The van der Waals surface area contributed by atoms with Gasteiger partial charge in [-0.1, -0.05) is 36.4 Å². The minimum absolute atomic E-state index is 0.0203. The lowest BCUT2D eigenvalue weighted by molar-refractivity contribution is -0.118. The average Bonchev–Trinajstić information content (AvgIpc) is 2.63. The first-order chi connectivity index (χ1) is 12.2. The van der Waals surface area contributed by atoms with Crippen molar-refractivity contribution in [2.75, 3.05) is 32.1 Å². The molecule has 1 N–H and O–H groups in total. The summed E-state index contributed by atoms with van der Waals surface area (Å²) in [6, 6.07) is 16.0. The smallest absolute Gasteiger partial charge is 0.239 e. The van der Waals surface area contributed by atoms with Crippen LogP contribution in [-0.2, 0) is 16.0 Å². The zero-order valence-corrected chi connectivity index (χ0v) is 14.6. The molecule has 132 valence electrons. The molecule has 0 radical (unpaired) electrons. The van der Waals surface area contributed by atoms with E-state index in [1.807, 2.05) is 18.2 Å². The van der Waals surface area contributed by atoms with Crippen LogP contribution in [0.3, 0.4) is 0 Å². The standard InChI is InChI=1S/C20H25N3O2/c1-25-18-10-12-23(14-17(18)13-16-7-3-2-4-8-16)15-20(24)22-19-9-5-6-11-21-19/h2-9,11,17-18H,10,12-15H2,1H3,(H,21,22,24)/t17-,18-/m1/s1. The van der Waals surface area contributed by atoms with E-state index >= 15 is 0 Å². The first-order valence-electron chi connectivity index (χ1n) is 8.74. The summed E-state index contributed by atoms with van der Waals surface area (Å²) in [7, 11) is 1.78. The predicted octanol–water partition coefficient (Wildman–Crippen LogP) is 2.60. The lowest BCUT2D eigenvalue weighted by Gasteiger charge is -2.37. The number of piperidine rings is 1. The van der Waals surface area contributed by atoms with E-state index in [9.17, 15) is 4.79 Å². The van der Waals surface area contributed by atoms with Crippen LogP contribution in [0.1, 0.15) is 12.0 Å². The third-order valence-corrected chi connectivity index (χ3v) is 4.69. The number of ether oxygens (including phenoxy) is 1. The quantitative estimate of drug-likeness (QED) is 0.879. The summed E-state index contributed by atoms with van der Waals surface area (Å²) >= 11 is 0. The fourth-order valence-electron chi connectivity index (χ4n) is 3.47. The van der Waals surface area contributed by atoms with Gasteiger partial charge in [0.25, 0.3) is 0 Å². The lowest BCUT2D eigenvalue weighted by atomic mass is 9.88. The third-order valence-electron chi connectivity index (χ3n) is 4.69. The molecule has 1 amide bonds. The van der Waals surface area contributed by atoms with E-state index in [1.165, 1.54) is 5.56 Å². The number of nitrogens with zero attached hydrogens (tertiary/aromatic N) is 2. The van der Waals surface area contributed by atoms with E-state index in [0.29, 0.717) is 18.3 Å². The molecular weight excluding hydrogens is 314 g/mol. The Morgan fingerprint density at radius 1 is 1.24 bits per heavy atom. The number of rotatable bonds is 6. The number of pyridine rings is 1. The zero-order valence-electron chi connectivity index (χ0n) is 14.6. The number of hydrogen-bond donors (Lipinski definition) is 1. The Labute approximate surface area is 149 Å². The Kier molecular flexibility index (Phi) is 6.14. The molecule has 0 spiro atoms. The van der Waals surface area contributed by atoms with Gasteiger partial charge in [0.15, 0.2) is 0 Å². The molecule has 1 aliphatic rings. The molecule has 1 aromatic heterocycles. The highest BCUT2D eigenvalue weighted by atomic mass is 16.5. The van der Waals surface area contributed by atoms with Gasteiger partial charge in [0.2, 0.25) is 5.91 Å². The highest BCUT2D eigenvalue weighted by Crippen LogP contribution is 2.23. The Balaban J connectivity index is 1.56. The number of aromatic nitrogens is 1. The van der Waals surface area contributed by atoms with E-state index in [-0.39, 0.29) is 12.0 Å². The summed E-state index contributed by atoms with van der Waals surface area (Å²) in [5.74, 6) is 0.969. The van der Waals surface area contributed by atoms with Gasteiger partial charge in [-0.3, -0.25) is 9.69 Å². The molecule has 5 nitrogen and oxygen atoms in total. The molecule has 0 bridgehead atoms. The van der Waals surface area contributed by atoms with Crippen molar-refractivity contribution >= 4 is 11.7 Å². The molecule has 2 heterocycles. The van der Waals surface area contributed by atoms with E-state index in [4.69, 9.17) is 4.74 Å². The Hall–Kier alpha value is -2.24. The number of nitrogens with one attached hydrogen (secondary N) is 1. The van der Waals surface area contributed by atoms with Crippen molar-refractivity contribution in [2.45, 2.75) is 18.9 Å². The van der Waals surface area contributed by atoms with Crippen LogP contribution < -0.4 is 5.32 Å². The van der Waals surface area contributed by atoms with Crippen LogP contribution in [0, 0.1) is 5.92 Å². The summed E-state index contributed by atoms with van der Waals surface area (Å²) in [4.78, 5) is 18.6. The fraction of sp³-hybridized carbons (Fsp3) is 0.400. The van der Waals surface area contributed by atoms with Gasteiger partial charge in [-0.05, 0) is 30.5 Å². The summed E-state index contributed by atoms with van der Waals surface area (Å²) in [6.45, 7) is 2.13. The van der Waals surface area contributed by atoms with Crippen LogP contribution >= 0.6 is 0 Å². The molecule has 1 fully saturated rings. The van der Waals surface area contributed by atoms with Crippen molar-refractivity contribution in [3.8, 4) is 0 Å². The molecule has 0 unspecified atom stereocenters. The predicted molar refractivity (Wildman–Crippen MR) is 98.4 cm³/mol. The van der Waals surface area contributed by atoms with Crippen molar-refractivity contribution in [3.63, 3.8) is 0 Å². The second-order valence-corrected chi connectivity index (χ2v) is 6.51. The number of amides is 1. The first-order valence-corrected chi connectivity index (χ1v) is 8.74. The van der Waals surface area contributed by atoms with E-state index in [0.717, 1.165) is 25.9 Å². The number of hydrogen-bond acceptors (Lipinski definition) is 4. The third kappa shape index (κ3) is 5.11. The van der Waals surface area contributed by atoms with Gasteiger partial charge in [0.1, 0.15) is 5.82 Å². The molecule has 1 aliphatic heterocycles. The summed E-state index contributed by atoms with van der Waals surface area (Å²) in [6.07, 6.45) is 3.84. The van der Waals surface area contributed by atoms with Crippen molar-refractivity contribution < 1.29 is 9.53 Å². The van der Waals surface area contributed by atoms with Gasteiger partial charge in [0.05, 0.1) is 12.6 Å². The van der Waals surface area contributed by atoms with E-state index in [1.54, 1.807) is 19.4 Å². The van der Waals surface area contributed by atoms with Crippen LogP contribution in [-0.4, -0.2) is 48.6 Å². The number of carbonyl (C=O) groups excluding carboxylic acids is 1. The van der Waals surface area contributed by atoms with Crippen LogP contribution in [0.15, 0.2) is 54.7 Å². The number of anilines is 1. The topological polar surface area (TPSA) is 54.5 Å². The SMILES string of the molecule is CO[C@@H]1CCN(CC(=O)Nc2ccccn2)C[C@H]1Cc1ccccc1. The van der Waals surface area contributed by atoms with E-state index < -0.39 is 0 Å². The summed E-state index contributed by atoms with van der Waals surface area (Å²) < 4.78 is 5.69. The van der Waals surface area contributed by atoms with Crippen LogP contribution in [0.4, 0.5) is 5.82 Å². The lowest BCUT2D eigenvalue weighted by Crippen LogP contribution is -2.47.